The summed E-state index contributed by atoms with van der Waals surface area (Å²) in [5.74, 6) is 0.431. The van der Waals surface area contributed by atoms with Gasteiger partial charge in [0.15, 0.2) is 5.78 Å². The number of Topliss-reactive ketones (excluding diaryl/α,β-unsaturated/α-hetero) is 1. The van der Waals surface area contributed by atoms with Gasteiger partial charge in [-0.15, -0.1) is 0 Å². The van der Waals surface area contributed by atoms with Crippen LogP contribution in [-0.4, -0.2) is 25.3 Å². The van der Waals surface area contributed by atoms with Gasteiger partial charge in [-0.2, -0.15) is 0 Å². The molecule has 4 heteroatoms. The molecule has 0 aromatic heterocycles. The Morgan fingerprint density at radius 1 is 1.21 bits per heavy atom. The third-order valence-corrected chi connectivity index (χ3v) is 4.57. The SMILES string of the molecule is COc1ccccc1CCNC(=O)C1CC(=O)c2cccc(C)c21. The molecule has 0 radical (unpaired) electrons. The molecule has 124 valence electrons. The van der Waals surface area contributed by atoms with Gasteiger partial charge in [-0.25, -0.2) is 0 Å². The molecule has 1 atom stereocenters. The molecular formula is C20H21NO3. The topological polar surface area (TPSA) is 55.4 Å². The number of ether oxygens (including phenoxy) is 1. The third kappa shape index (κ3) is 3.04. The largest absolute Gasteiger partial charge is 0.496 e. The molecule has 3 rings (SSSR count). The van der Waals surface area contributed by atoms with Crippen molar-refractivity contribution in [2.45, 2.75) is 25.7 Å². The van der Waals surface area contributed by atoms with E-state index in [0.29, 0.717) is 18.5 Å². The summed E-state index contributed by atoms with van der Waals surface area (Å²) in [7, 11) is 1.64. The third-order valence-electron chi connectivity index (χ3n) is 4.57. The summed E-state index contributed by atoms with van der Waals surface area (Å²) >= 11 is 0. The number of methoxy groups -OCH3 is 1. The summed E-state index contributed by atoms with van der Waals surface area (Å²) in [4.78, 5) is 24.7. The van der Waals surface area contributed by atoms with Crippen LogP contribution in [-0.2, 0) is 11.2 Å². The van der Waals surface area contributed by atoms with Crippen molar-refractivity contribution >= 4 is 11.7 Å². The van der Waals surface area contributed by atoms with Crippen LogP contribution >= 0.6 is 0 Å². The summed E-state index contributed by atoms with van der Waals surface area (Å²) in [6, 6.07) is 13.4. The van der Waals surface area contributed by atoms with Crippen molar-refractivity contribution in [1.82, 2.24) is 5.32 Å². The van der Waals surface area contributed by atoms with Gasteiger partial charge in [0.25, 0.3) is 0 Å². The Bertz CT molecular complexity index is 782. The van der Waals surface area contributed by atoms with Crippen LogP contribution in [0, 0.1) is 6.92 Å². The van der Waals surface area contributed by atoms with E-state index < -0.39 is 0 Å². The molecule has 4 nitrogen and oxygen atoms in total. The van der Waals surface area contributed by atoms with Crippen LogP contribution in [0.25, 0.3) is 0 Å². The van der Waals surface area contributed by atoms with E-state index in [4.69, 9.17) is 4.74 Å². The molecule has 1 unspecified atom stereocenters. The van der Waals surface area contributed by atoms with Gasteiger partial charge in [-0.05, 0) is 36.1 Å². The monoisotopic (exact) mass is 323 g/mol. The number of fused-ring (bicyclic) bond motifs is 1. The van der Waals surface area contributed by atoms with Crippen LogP contribution in [0.2, 0.25) is 0 Å². The average Bonchev–Trinajstić information content (AvgIpc) is 2.94. The van der Waals surface area contributed by atoms with Gasteiger partial charge in [0.2, 0.25) is 5.91 Å². The zero-order chi connectivity index (χ0) is 17.1. The van der Waals surface area contributed by atoms with Crippen LogP contribution in [0.3, 0.4) is 0 Å². The van der Waals surface area contributed by atoms with Crippen LogP contribution in [0.4, 0.5) is 0 Å². The first-order chi connectivity index (χ1) is 11.6. The summed E-state index contributed by atoms with van der Waals surface area (Å²) in [5, 5.41) is 2.97. The molecule has 1 N–H and O–H groups in total. The average molecular weight is 323 g/mol. The second-order valence-corrected chi connectivity index (χ2v) is 6.07. The fourth-order valence-electron chi connectivity index (χ4n) is 3.36. The maximum Gasteiger partial charge on any atom is 0.228 e. The standard InChI is InChI=1S/C20H21NO3/c1-13-6-5-8-15-17(22)12-16(19(13)15)20(23)21-11-10-14-7-3-4-9-18(14)24-2/h3-9,16H,10-12H2,1-2H3,(H,21,23). The van der Waals surface area contributed by atoms with E-state index in [-0.39, 0.29) is 24.0 Å². The molecule has 0 heterocycles. The van der Waals surface area contributed by atoms with E-state index in [2.05, 4.69) is 5.32 Å². The van der Waals surface area contributed by atoms with Crippen molar-refractivity contribution in [3.63, 3.8) is 0 Å². The molecule has 24 heavy (non-hydrogen) atoms. The number of carbonyl (C=O) groups excluding carboxylic acids is 2. The molecule has 0 aliphatic heterocycles. The van der Waals surface area contributed by atoms with E-state index in [1.807, 2.05) is 49.4 Å². The van der Waals surface area contributed by atoms with Crippen molar-refractivity contribution in [3.8, 4) is 5.75 Å². The number of aryl methyl sites for hydroxylation is 1. The Morgan fingerprint density at radius 3 is 2.79 bits per heavy atom. The smallest absolute Gasteiger partial charge is 0.228 e. The molecule has 0 fully saturated rings. The highest BCUT2D eigenvalue weighted by atomic mass is 16.5. The van der Waals surface area contributed by atoms with Gasteiger partial charge >= 0.3 is 0 Å². The summed E-state index contributed by atoms with van der Waals surface area (Å²) in [5.41, 5.74) is 3.64. The Labute approximate surface area is 141 Å². The number of amides is 1. The van der Waals surface area contributed by atoms with Crippen molar-refractivity contribution in [1.29, 1.82) is 0 Å². The van der Waals surface area contributed by atoms with Gasteiger partial charge in [0.05, 0.1) is 13.0 Å². The number of nitrogens with one attached hydrogen (secondary N) is 1. The highest BCUT2D eigenvalue weighted by molar-refractivity contribution is 6.07. The Morgan fingerprint density at radius 2 is 2.00 bits per heavy atom. The first kappa shape index (κ1) is 16.2. The first-order valence-corrected chi connectivity index (χ1v) is 8.14. The lowest BCUT2D eigenvalue weighted by Crippen LogP contribution is -2.30. The van der Waals surface area contributed by atoms with E-state index in [9.17, 15) is 9.59 Å². The predicted molar refractivity (Wildman–Crippen MR) is 92.6 cm³/mol. The minimum Gasteiger partial charge on any atom is -0.496 e. The molecular weight excluding hydrogens is 302 g/mol. The van der Waals surface area contributed by atoms with Gasteiger partial charge in [0.1, 0.15) is 5.75 Å². The Hall–Kier alpha value is -2.62. The normalized spacial score (nSPS) is 15.9. The molecule has 0 bridgehead atoms. The lowest BCUT2D eigenvalue weighted by Gasteiger charge is -2.14. The minimum atomic E-state index is -0.369. The van der Waals surface area contributed by atoms with Crippen LogP contribution < -0.4 is 10.1 Å². The predicted octanol–water partition coefficient (Wildman–Crippen LogP) is 3.03. The zero-order valence-corrected chi connectivity index (χ0v) is 14.0. The quantitative estimate of drug-likeness (QED) is 0.920. The minimum absolute atomic E-state index is 0.0542. The highest BCUT2D eigenvalue weighted by Gasteiger charge is 2.35. The summed E-state index contributed by atoms with van der Waals surface area (Å²) < 4.78 is 5.32. The Balaban J connectivity index is 1.66. The van der Waals surface area contributed by atoms with Crippen molar-refractivity contribution in [3.05, 3.63) is 64.7 Å². The summed E-state index contributed by atoms with van der Waals surface area (Å²) in [6.45, 7) is 2.47. The maximum atomic E-state index is 12.6. The number of ketones is 1. The van der Waals surface area contributed by atoms with Crippen LogP contribution in [0.5, 0.6) is 5.75 Å². The van der Waals surface area contributed by atoms with Crippen molar-refractivity contribution < 1.29 is 14.3 Å². The van der Waals surface area contributed by atoms with Gasteiger partial charge in [-0.3, -0.25) is 9.59 Å². The van der Waals surface area contributed by atoms with E-state index in [1.54, 1.807) is 7.11 Å². The number of benzene rings is 2. The second kappa shape index (κ2) is 6.87. The molecule has 0 saturated heterocycles. The fraction of sp³-hybridized carbons (Fsp3) is 0.300. The fourth-order valence-corrected chi connectivity index (χ4v) is 3.36. The number of carbonyl (C=O) groups is 2. The second-order valence-electron chi connectivity index (χ2n) is 6.07. The number of hydrogen-bond acceptors (Lipinski definition) is 3. The lowest BCUT2D eigenvalue weighted by molar-refractivity contribution is -0.122. The van der Waals surface area contributed by atoms with Gasteiger partial charge < -0.3 is 10.1 Å². The molecule has 0 saturated carbocycles. The molecule has 0 spiro atoms. The zero-order valence-electron chi connectivity index (χ0n) is 14.0. The molecule has 2 aromatic carbocycles. The van der Waals surface area contributed by atoms with Crippen molar-refractivity contribution in [2.75, 3.05) is 13.7 Å². The van der Waals surface area contributed by atoms with E-state index in [1.165, 1.54) is 0 Å². The number of para-hydroxylation sites is 1. The molecule has 1 aliphatic carbocycles. The molecule has 1 aliphatic rings. The number of hydrogen-bond donors (Lipinski definition) is 1. The lowest BCUT2D eigenvalue weighted by atomic mass is 9.96. The molecule has 2 aromatic rings. The van der Waals surface area contributed by atoms with Crippen molar-refractivity contribution in [2.24, 2.45) is 0 Å². The van der Waals surface area contributed by atoms with Gasteiger partial charge in [-0.1, -0.05) is 36.4 Å². The maximum absolute atomic E-state index is 12.6. The van der Waals surface area contributed by atoms with E-state index >= 15 is 0 Å². The van der Waals surface area contributed by atoms with Crippen LogP contribution in [0.15, 0.2) is 42.5 Å². The highest BCUT2D eigenvalue weighted by Crippen LogP contribution is 2.35. The Kier molecular flexibility index (Phi) is 4.65. The van der Waals surface area contributed by atoms with Gasteiger partial charge in [0, 0.05) is 18.5 Å². The van der Waals surface area contributed by atoms with E-state index in [0.717, 1.165) is 22.4 Å². The van der Waals surface area contributed by atoms with Crippen LogP contribution in [0.1, 0.15) is 39.4 Å². The first-order valence-electron chi connectivity index (χ1n) is 8.14. The number of rotatable bonds is 5. The molecule has 1 amide bonds. The summed E-state index contributed by atoms with van der Waals surface area (Å²) in [6.07, 6.45) is 0.956.